The van der Waals surface area contributed by atoms with Crippen molar-refractivity contribution in [1.82, 2.24) is 10.2 Å². The molecule has 0 aliphatic rings. The smallest absolute Gasteiger partial charge is 0.277 e. The van der Waals surface area contributed by atoms with Gasteiger partial charge in [0.1, 0.15) is 5.75 Å². The Labute approximate surface area is 147 Å². The third-order valence-electron chi connectivity index (χ3n) is 3.08. The average molecular weight is 391 g/mol. The third kappa shape index (κ3) is 4.14. The zero-order valence-electron chi connectivity index (χ0n) is 12.5. The molecule has 6 heteroatoms. The summed E-state index contributed by atoms with van der Waals surface area (Å²) in [6, 6.07) is 15.8. The Bertz CT molecular complexity index is 792. The maximum Gasteiger partial charge on any atom is 0.277 e. The van der Waals surface area contributed by atoms with Crippen molar-refractivity contribution in [1.29, 1.82) is 0 Å². The van der Waals surface area contributed by atoms with Crippen molar-refractivity contribution in [2.24, 2.45) is 0 Å². The van der Waals surface area contributed by atoms with E-state index in [1.54, 1.807) is 0 Å². The maximum absolute atomic E-state index is 5.76. The van der Waals surface area contributed by atoms with Gasteiger partial charge in [-0.3, -0.25) is 0 Å². The van der Waals surface area contributed by atoms with Crippen molar-refractivity contribution in [2.45, 2.75) is 17.9 Å². The van der Waals surface area contributed by atoms with Crippen molar-refractivity contribution in [3.05, 3.63) is 58.6 Å². The Morgan fingerprint density at radius 1 is 1.13 bits per heavy atom. The lowest BCUT2D eigenvalue weighted by Gasteiger charge is -2.06. The number of ether oxygens (including phenoxy) is 1. The molecule has 0 aliphatic carbocycles. The van der Waals surface area contributed by atoms with Crippen LogP contribution in [0.15, 0.2) is 62.6 Å². The Kier molecular flexibility index (Phi) is 5.35. The first-order chi connectivity index (χ1) is 11.3. The molecule has 0 saturated carbocycles. The summed E-state index contributed by atoms with van der Waals surface area (Å²) < 4.78 is 12.4. The van der Waals surface area contributed by atoms with Crippen molar-refractivity contribution in [2.75, 3.05) is 6.61 Å². The van der Waals surface area contributed by atoms with E-state index in [9.17, 15) is 0 Å². The molecule has 2 aromatic carbocycles. The number of nitrogens with zero attached hydrogens (tertiary/aromatic N) is 2. The zero-order valence-corrected chi connectivity index (χ0v) is 14.9. The van der Waals surface area contributed by atoms with E-state index >= 15 is 0 Å². The molecule has 0 bridgehead atoms. The van der Waals surface area contributed by atoms with Gasteiger partial charge in [-0.05, 0) is 36.8 Å². The molecule has 0 aliphatic heterocycles. The molecule has 0 unspecified atom stereocenters. The first-order valence-corrected chi connectivity index (χ1v) is 8.97. The number of para-hydroxylation sites is 1. The van der Waals surface area contributed by atoms with E-state index in [-0.39, 0.29) is 0 Å². The van der Waals surface area contributed by atoms with E-state index in [0.29, 0.717) is 17.7 Å². The lowest BCUT2D eigenvalue weighted by atomic mass is 10.2. The van der Waals surface area contributed by atoms with Crippen molar-refractivity contribution >= 4 is 27.7 Å². The second kappa shape index (κ2) is 7.66. The van der Waals surface area contributed by atoms with Gasteiger partial charge in [-0.25, -0.2) is 0 Å². The maximum atomic E-state index is 5.76. The van der Waals surface area contributed by atoms with Gasteiger partial charge in [0, 0.05) is 10.2 Å². The van der Waals surface area contributed by atoms with Gasteiger partial charge in [-0.15, -0.1) is 10.2 Å². The van der Waals surface area contributed by atoms with Crippen LogP contribution in [0, 0.1) is 0 Å². The molecule has 0 fully saturated rings. The zero-order chi connectivity index (χ0) is 16.1. The summed E-state index contributed by atoms with van der Waals surface area (Å²) in [5.41, 5.74) is 2.01. The number of rotatable bonds is 6. The van der Waals surface area contributed by atoms with Crippen LogP contribution in [-0.2, 0) is 5.75 Å². The molecule has 0 radical (unpaired) electrons. The molecular weight excluding hydrogens is 376 g/mol. The minimum absolute atomic E-state index is 0.478. The highest BCUT2D eigenvalue weighted by molar-refractivity contribution is 9.10. The second-order valence-electron chi connectivity index (χ2n) is 4.72. The fourth-order valence-electron chi connectivity index (χ4n) is 2.07. The van der Waals surface area contributed by atoms with Gasteiger partial charge in [0.25, 0.3) is 11.1 Å². The van der Waals surface area contributed by atoms with Crippen molar-refractivity contribution in [3.63, 3.8) is 0 Å². The van der Waals surface area contributed by atoms with Gasteiger partial charge in [0.15, 0.2) is 0 Å². The van der Waals surface area contributed by atoms with Crippen LogP contribution in [0.2, 0.25) is 0 Å². The molecule has 0 N–H and O–H groups in total. The fourth-order valence-corrected chi connectivity index (χ4v) is 3.23. The van der Waals surface area contributed by atoms with Crippen LogP contribution in [0.5, 0.6) is 5.75 Å². The SMILES string of the molecule is CCOc1ccccc1-c1nnc(SCc2cccc(Br)c2)o1. The number of aromatic nitrogens is 2. The van der Waals surface area contributed by atoms with E-state index in [0.717, 1.165) is 21.5 Å². The number of benzene rings is 2. The van der Waals surface area contributed by atoms with Crippen LogP contribution in [0.4, 0.5) is 0 Å². The average Bonchev–Trinajstić information content (AvgIpc) is 3.03. The molecule has 0 atom stereocenters. The number of hydrogen-bond acceptors (Lipinski definition) is 5. The van der Waals surface area contributed by atoms with Gasteiger partial charge in [0.2, 0.25) is 0 Å². The number of halogens is 1. The number of hydrogen-bond donors (Lipinski definition) is 0. The molecule has 4 nitrogen and oxygen atoms in total. The highest BCUT2D eigenvalue weighted by atomic mass is 79.9. The monoisotopic (exact) mass is 390 g/mol. The second-order valence-corrected chi connectivity index (χ2v) is 6.56. The van der Waals surface area contributed by atoms with Crippen molar-refractivity contribution < 1.29 is 9.15 Å². The van der Waals surface area contributed by atoms with E-state index in [1.165, 1.54) is 17.3 Å². The predicted octanol–water partition coefficient (Wildman–Crippen LogP) is 5.19. The highest BCUT2D eigenvalue weighted by Crippen LogP contribution is 2.31. The van der Waals surface area contributed by atoms with Gasteiger partial charge in [0.05, 0.1) is 12.2 Å². The van der Waals surface area contributed by atoms with Crippen LogP contribution in [0.25, 0.3) is 11.5 Å². The molecule has 23 heavy (non-hydrogen) atoms. The summed E-state index contributed by atoms with van der Waals surface area (Å²) >= 11 is 4.99. The molecule has 0 saturated heterocycles. The summed E-state index contributed by atoms with van der Waals surface area (Å²) in [5, 5.41) is 8.79. The number of thioether (sulfide) groups is 1. The Morgan fingerprint density at radius 2 is 2.00 bits per heavy atom. The van der Waals surface area contributed by atoms with E-state index in [2.05, 4.69) is 38.3 Å². The van der Waals surface area contributed by atoms with Crippen LogP contribution >= 0.6 is 27.7 Å². The molecule has 1 heterocycles. The molecule has 0 spiro atoms. The summed E-state index contributed by atoms with van der Waals surface area (Å²) in [6.07, 6.45) is 0. The Hall–Kier alpha value is -1.79. The topological polar surface area (TPSA) is 48.2 Å². The molecule has 0 amide bonds. The fraction of sp³-hybridized carbons (Fsp3) is 0.176. The van der Waals surface area contributed by atoms with Gasteiger partial charge >= 0.3 is 0 Å². The van der Waals surface area contributed by atoms with Gasteiger partial charge in [-0.2, -0.15) is 0 Å². The third-order valence-corrected chi connectivity index (χ3v) is 4.46. The summed E-state index contributed by atoms with van der Waals surface area (Å²) in [7, 11) is 0. The Morgan fingerprint density at radius 3 is 2.83 bits per heavy atom. The first-order valence-electron chi connectivity index (χ1n) is 7.19. The van der Waals surface area contributed by atoms with Gasteiger partial charge < -0.3 is 9.15 Å². The van der Waals surface area contributed by atoms with Crippen LogP contribution < -0.4 is 4.74 Å². The van der Waals surface area contributed by atoms with Crippen LogP contribution in [0.1, 0.15) is 12.5 Å². The lowest BCUT2D eigenvalue weighted by Crippen LogP contribution is -1.93. The van der Waals surface area contributed by atoms with Gasteiger partial charge in [-0.1, -0.05) is 52.0 Å². The molecule has 1 aromatic heterocycles. The Balaban J connectivity index is 1.73. The first kappa shape index (κ1) is 16.1. The highest BCUT2D eigenvalue weighted by Gasteiger charge is 2.13. The minimum atomic E-state index is 0.478. The summed E-state index contributed by atoms with van der Waals surface area (Å²) in [6.45, 7) is 2.54. The molecule has 3 aromatic rings. The molecular formula is C17H15BrN2O2S. The lowest BCUT2D eigenvalue weighted by molar-refractivity contribution is 0.340. The largest absolute Gasteiger partial charge is 0.493 e. The van der Waals surface area contributed by atoms with Crippen molar-refractivity contribution in [3.8, 4) is 17.2 Å². The van der Waals surface area contributed by atoms with E-state index in [1.807, 2.05) is 43.3 Å². The predicted molar refractivity (Wildman–Crippen MR) is 94.6 cm³/mol. The summed E-state index contributed by atoms with van der Waals surface area (Å²) in [4.78, 5) is 0. The standard InChI is InChI=1S/C17H15BrN2O2S/c1-2-21-15-9-4-3-8-14(15)16-19-20-17(22-16)23-11-12-6-5-7-13(18)10-12/h3-10H,2,11H2,1H3. The summed E-state index contributed by atoms with van der Waals surface area (Å²) in [5.74, 6) is 2.00. The van der Waals surface area contributed by atoms with E-state index in [4.69, 9.17) is 9.15 Å². The molecule has 118 valence electrons. The van der Waals surface area contributed by atoms with Crippen LogP contribution in [0.3, 0.4) is 0 Å². The minimum Gasteiger partial charge on any atom is -0.493 e. The molecule has 3 rings (SSSR count). The normalized spacial score (nSPS) is 10.7. The van der Waals surface area contributed by atoms with Crippen LogP contribution in [-0.4, -0.2) is 16.8 Å². The van der Waals surface area contributed by atoms with E-state index < -0.39 is 0 Å². The quantitative estimate of drug-likeness (QED) is 0.541.